The number of amides is 2. The molecule has 4 N–H and O–H groups in total. The highest BCUT2D eigenvalue weighted by Crippen LogP contribution is 2.05. The minimum absolute atomic E-state index is 0.112. The first-order valence-corrected chi connectivity index (χ1v) is 5.77. The Labute approximate surface area is 97.2 Å². The molecule has 0 saturated heterocycles. The fourth-order valence-corrected chi connectivity index (χ4v) is 1.21. The first kappa shape index (κ1) is 14.9. The van der Waals surface area contributed by atoms with Gasteiger partial charge in [-0.15, -0.1) is 0 Å². The second-order valence-electron chi connectivity index (χ2n) is 4.04. The van der Waals surface area contributed by atoms with Gasteiger partial charge in [0, 0.05) is 6.54 Å². The number of likely N-dealkylation sites (N-methyl/N-ethyl adjacent to an activating group) is 1. The van der Waals surface area contributed by atoms with Gasteiger partial charge in [0.2, 0.25) is 11.8 Å². The molecule has 16 heavy (non-hydrogen) atoms. The average molecular weight is 229 g/mol. The van der Waals surface area contributed by atoms with Crippen LogP contribution >= 0.6 is 0 Å². The van der Waals surface area contributed by atoms with Crippen molar-refractivity contribution in [3.05, 3.63) is 0 Å². The fraction of sp³-hybridized carbons (Fsp3) is 0.818. The van der Waals surface area contributed by atoms with Crippen LogP contribution in [0.2, 0.25) is 0 Å². The lowest BCUT2D eigenvalue weighted by atomic mass is 9.99. The van der Waals surface area contributed by atoms with E-state index < -0.39 is 12.1 Å². The van der Waals surface area contributed by atoms with Gasteiger partial charge in [0.25, 0.3) is 0 Å². The fourth-order valence-electron chi connectivity index (χ4n) is 1.21. The summed E-state index contributed by atoms with van der Waals surface area (Å²) >= 11 is 0. The first-order chi connectivity index (χ1) is 7.43. The molecule has 0 aromatic rings. The Hall–Kier alpha value is -1.10. The second kappa shape index (κ2) is 7.22. The monoisotopic (exact) mass is 229 g/mol. The molecule has 0 aliphatic carbocycles. The topological polar surface area (TPSA) is 84.2 Å². The van der Waals surface area contributed by atoms with Crippen molar-refractivity contribution < 1.29 is 9.59 Å². The normalized spacial score (nSPS) is 16.1. The van der Waals surface area contributed by atoms with E-state index in [-0.39, 0.29) is 17.7 Å². The minimum Gasteiger partial charge on any atom is -0.355 e. The molecule has 3 atom stereocenters. The molecule has 5 nitrogen and oxygen atoms in total. The SMILES string of the molecule is CCNC(=O)C(C)NC(=O)[C@@H](N)C(C)CC. The van der Waals surface area contributed by atoms with Crippen molar-refractivity contribution in [3.8, 4) is 0 Å². The zero-order valence-corrected chi connectivity index (χ0v) is 10.5. The van der Waals surface area contributed by atoms with Gasteiger partial charge in [-0.1, -0.05) is 20.3 Å². The van der Waals surface area contributed by atoms with E-state index in [0.717, 1.165) is 6.42 Å². The first-order valence-electron chi connectivity index (χ1n) is 5.77. The number of hydrogen-bond donors (Lipinski definition) is 3. The Bertz CT molecular complexity index is 243. The largest absolute Gasteiger partial charge is 0.355 e. The highest BCUT2D eigenvalue weighted by molar-refractivity contribution is 5.89. The van der Waals surface area contributed by atoms with Gasteiger partial charge in [0.05, 0.1) is 6.04 Å². The number of carbonyl (C=O) groups is 2. The van der Waals surface area contributed by atoms with Crippen LogP contribution in [0.1, 0.15) is 34.1 Å². The van der Waals surface area contributed by atoms with E-state index in [9.17, 15) is 9.59 Å². The molecule has 0 radical (unpaired) electrons. The summed E-state index contributed by atoms with van der Waals surface area (Å²) in [6, 6.07) is -1.09. The molecule has 2 unspecified atom stereocenters. The maximum Gasteiger partial charge on any atom is 0.242 e. The molecule has 0 rings (SSSR count). The van der Waals surface area contributed by atoms with Crippen molar-refractivity contribution in [2.45, 2.75) is 46.2 Å². The molecular formula is C11H23N3O2. The van der Waals surface area contributed by atoms with Crippen molar-refractivity contribution in [1.29, 1.82) is 0 Å². The number of nitrogens with one attached hydrogen (secondary N) is 2. The van der Waals surface area contributed by atoms with E-state index in [2.05, 4.69) is 10.6 Å². The molecule has 0 heterocycles. The van der Waals surface area contributed by atoms with Gasteiger partial charge in [-0.05, 0) is 19.8 Å². The highest BCUT2D eigenvalue weighted by atomic mass is 16.2. The summed E-state index contributed by atoms with van der Waals surface area (Å²) in [5, 5.41) is 5.24. The van der Waals surface area contributed by atoms with Crippen LogP contribution in [0.3, 0.4) is 0 Å². The molecular weight excluding hydrogens is 206 g/mol. The number of hydrogen-bond acceptors (Lipinski definition) is 3. The van der Waals surface area contributed by atoms with Crippen molar-refractivity contribution in [3.63, 3.8) is 0 Å². The van der Waals surface area contributed by atoms with Crippen molar-refractivity contribution >= 4 is 11.8 Å². The zero-order valence-electron chi connectivity index (χ0n) is 10.5. The predicted molar refractivity (Wildman–Crippen MR) is 63.7 cm³/mol. The Morgan fingerprint density at radius 3 is 2.19 bits per heavy atom. The molecule has 5 heteroatoms. The molecule has 0 saturated carbocycles. The highest BCUT2D eigenvalue weighted by Gasteiger charge is 2.22. The number of rotatable bonds is 6. The standard InChI is InChI=1S/C11H23N3O2/c1-5-7(3)9(12)11(16)14-8(4)10(15)13-6-2/h7-9H,5-6,12H2,1-4H3,(H,13,15)(H,14,16)/t7?,8?,9-/m0/s1. The van der Waals surface area contributed by atoms with Gasteiger partial charge in [-0.3, -0.25) is 9.59 Å². The van der Waals surface area contributed by atoms with Gasteiger partial charge >= 0.3 is 0 Å². The van der Waals surface area contributed by atoms with E-state index in [1.807, 2.05) is 20.8 Å². The van der Waals surface area contributed by atoms with Crippen LogP contribution < -0.4 is 16.4 Å². The summed E-state index contributed by atoms with van der Waals surface area (Å²) in [6.45, 7) is 7.92. The molecule has 0 aliphatic heterocycles. The van der Waals surface area contributed by atoms with E-state index >= 15 is 0 Å². The molecule has 94 valence electrons. The molecule has 0 aromatic heterocycles. The molecule has 0 aromatic carbocycles. The van der Waals surface area contributed by atoms with Crippen LogP contribution in [0.15, 0.2) is 0 Å². The molecule has 0 spiro atoms. The van der Waals surface area contributed by atoms with Gasteiger partial charge in [-0.2, -0.15) is 0 Å². The Kier molecular flexibility index (Phi) is 6.72. The average Bonchev–Trinajstić information content (AvgIpc) is 2.26. The van der Waals surface area contributed by atoms with Crippen LogP contribution in [0.5, 0.6) is 0 Å². The smallest absolute Gasteiger partial charge is 0.242 e. The maximum absolute atomic E-state index is 11.6. The lowest BCUT2D eigenvalue weighted by molar-refractivity contribution is -0.129. The van der Waals surface area contributed by atoms with E-state index in [1.54, 1.807) is 6.92 Å². The van der Waals surface area contributed by atoms with Gasteiger partial charge in [0.1, 0.15) is 6.04 Å². The summed E-state index contributed by atoms with van der Waals surface area (Å²) in [5.74, 6) is -0.346. The third kappa shape index (κ3) is 4.61. The summed E-state index contributed by atoms with van der Waals surface area (Å²) in [4.78, 5) is 23.0. The maximum atomic E-state index is 11.6. The third-order valence-electron chi connectivity index (χ3n) is 2.66. The number of carbonyl (C=O) groups excluding carboxylic acids is 2. The van der Waals surface area contributed by atoms with E-state index in [1.165, 1.54) is 0 Å². The molecule has 2 amide bonds. The van der Waals surface area contributed by atoms with Crippen LogP contribution in [0, 0.1) is 5.92 Å². The lowest BCUT2D eigenvalue weighted by Gasteiger charge is -2.20. The summed E-state index contributed by atoms with van der Waals surface area (Å²) in [7, 11) is 0. The quantitative estimate of drug-likeness (QED) is 0.599. The molecule has 0 bridgehead atoms. The van der Waals surface area contributed by atoms with E-state index in [4.69, 9.17) is 5.73 Å². The van der Waals surface area contributed by atoms with Gasteiger partial charge in [-0.25, -0.2) is 0 Å². The van der Waals surface area contributed by atoms with Crippen molar-refractivity contribution in [2.24, 2.45) is 11.7 Å². The van der Waals surface area contributed by atoms with Crippen molar-refractivity contribution in [2.75, 3.05) is 6.54 Å². The van der Waals surface area contributed by atoms with Crippen LogP contribution in [-0.4, -0.2) is 30.4 Å². The molecule has 0 aliphatic rings. The Morgan fingerprint density at radius 1 is 1.19 bits per heavy atom. The Morgan fingerprint density at radius 2 is 1.75 bits per heavy atom. The third-order valence-corrected chi connectivity index (χ3v) is 2.66. The van der Waals surface area contributed by atoms with Gasteiger partial charge < -0.3 is 16.4 Å². The van der Waals surface area contributed by atoms with Crippen LogP contribution in [0.4, 0.5) is 0 Å². The lowest BCUT2D eigenvalue weighted by Crippen LogP contribution is -2.52. The van der Waals surface area contributed by atoms with E-state index in [0.29, 0.717) is 6.54 Å². The second-order valence-corrected chi connectivity index (χ2v) is 4.04. The Balaban J connectivity index is 4.18. The molecule has 0 fully saturated rings. The van der Waals surface area contributed by atoms with Crippen LogP contribution in [-0.2, 0) is 9.59 Å². The summed E-state index contributed by atoms with van der Waals surface area (Å²) < 4.78 is 0. The zero-order chi connectivity index (χ0) is 12.7. The predicted octanol–water partition coefficient (Wildman–Crippen LogP) is 0.000600. The summed E-state index contributed by atoms with van der Waals surface area (Å²) in [6.07, 6.45) is 0.837. The van der Waals surface area contributed by atoms with Crippen LogP contribution in [0.25, 0.3) is 0 Å². The van der Waals surface area contributed by atoms with Gasteiger partial charge in [0.15, 0.2) is 0 Å². The van der Waals surface area contributed by atoms with Crippen molar-refractivity contribution in [1.82, 2.24) is 10.6 Å². The minimum atomic E-state index is -0.554. The summed E-state index contributed by atoms with van der Waals surface area (Å²) in [5.41, 5.74) is 5.75. The number of nitrogens with two attached hydrogens (primary N) is 1.